The minimum Gasteiger partial charge on any atom is -0.481 e. The molecule has 0 bridgehead atoms. The number of carbonyl (C=O) groups is 1. The smallest absolute Gasteiger partial charge is 0.304 e. The van der Waals surface area contributed by atoms with E-state index in [1.807, 2.05) is 23.6 Å². The molecule has 0 aromatic carbocycles. The molecule has 0 spiro atoms. The fourth-order valence-corrected chi connectivity index (χ4v) is 2.02. The zero-order chi connectivity index (χ0) is 12.1. The predicted octanol–water partition coefficient (Wildman–Crippen LogP) is 1.97. The van der Waals surface area contributed by atoms with E-state index in [1.165, 1.54) is 0 Å². The maximum absolute atomic E-state index is 10.3. The Labute approximate surface area is 102 Å². The van der Waals surface area contributed by atoms with Gasteiger partial charge in [0.2, 0.25) is 0 Å². The van der Waals surface area contributed by atoms with E-state index in [2.05, 4.69) is 10.5 Å². The maximum Gasteiger partial charge on any atom is 0.304 e. The highest BCUT2D eigenvalue weighted by molar-refractivity contribution is 7.13. The molecule has 6 heteroatoms. The summed E-state index contributed by atoms with van der Waals surface area (Å²) in [5, 5.41) is 17.3. The number of nitrogens with zero attached hydrogens (tertiary/aromatic N) is 1. The van der Waals surface area contributed by atoms with Gasteiger partial charge in [-0.1, -0.05) is 11.2 Å². The summed E-state index contributed by atoms with van der Waals surface area (Å²) in [5.41, 5.74) is 0.777. The molecule has 0 atom stereocenters. The van der Waals surface area contributed by atoms with Gasteiger partial charge in [0.15, 0.2) is 5.76 Å². The van der Waals surface area contributed by atoms with Crippen LogP contribution in [0.5, 0.6) is 0 Å². The molecule has 0 aliphatic rings. The molecule has 0 radical (unpaired) electrons. The van der Waals surface area contributed by atoms with Crippen LogP contribution in [0.2, 0.25) is 0 Å². The molecule has 17 heavy (non-hydrogen) atoms. The van der Waals surface area contributed by atoms with Crippen molar-refractivity contribution < 1.29 is 14.4 Å². The van der Waals surface area contributed by atoms with Gasteiger partial charge in [0.1, 0.15) is 0 Å². The third-order valence-electron chi connectivity index (χ3n) is 2.14. The zero-order valence-corrected chi connectivity index (χ0v) is 9.87. The quantitative estimate of drug-likeness (QED) is 0.769. The van der Waals surface area contributed by atoms with Crippen LogP contribution in [0.25, 0.3) is 10.6 Å². The Kier molecular flexibility index (Phi) is 3.89. The molecule has 0 amide bonds. The number of nitrogens with one attached hydrogen (secondary N) is 1. The van der Waals surface area contributed by atoms with Gasteiger partial charge in [-0.15, -0.1) is 11.3 Å². The maximum atomic E-state index is 10.3. The molecule has 0 fully saturated rings. The van der Waals surface area contributed by atoms with Gasteiger partial charge in [-0.3, -0.25) is 4.79 Å². The van der Waals surface area contributed by atoms with Gasteiger partial charge in [0.05, 0.1) is 17.0 Å². The molecule has 0 saturated carbocycles. The molecular formula is C11H12N2O3S. The minimum atomic E-state index is -0.808. The van der Waals surface area contributed by atoms with Crippen LogP contribution in [0.3, 0.4) is 0 Å². The Morgan fingerprint density at radius 1 is 1.59 bits per heavy atom. The second-order valence-corrected chi connectivity index (χ2v) is 4.43. The lowest BCUT2D eigenvalue weighted by molar-refractivity contribution is -0.136. The molecule has 2 N–H and O–H groups in total. The number of hydrogen-bond donors (Lipinski definition) is 2. The van der Waals surface area contributed by atoms with Crippen LogP contribution in [0.15, 0.2) is 28.1 Å². The topological polar surface area (TPSA) is 75.4 Å². The SMILES string of the molecule is O=C(O)CCNCc1cc(-c2cccs2)on1. The number of hydrogen-bond acceptors (Lipinski definition) is 5. The van der Waals surface area contributed by atoms with Gasteiger partial charge in [-0.25, -0.2) is 0 Å². The van der Waals surface area contributed by atoms with Gasteiger partial charge in [-0.2, -0.15) is 0 Å². The van der Waals surface area contributed by atoms with Crippen molar-refractivity contribution >= 4 is 17.3 Å². The number of rotatable bonds is 6. The first-order valence-electron chi connectivity index (χ1n) is 5.17. The summed E-state index contributed by atoms with van der Waals surface area (Å²) in [7, 11) is 0. The normalized spacial score (nSPS) is 10.6. The lowest BCUT2D eigenvalue weighted by Crippen LogP contribution is -2.17. The lowest BCUT2D eigenvalue weighted by atomic mass is 10.3. The first kappa shape index (κ1) is 11.8. The van der Waals surface area contributed by atoms with Crippen molar-refractivity contribution in [2.24, 2.45) is 0 Å². The first-order chi connectivity index (χ1) is 8.25. The van der Waals surface area contributed by atoms with Crippen LogP contribution >= 0.6 is 11.3 Å². The molecule has 2 rings (SSSR count). The molecule has 5 nitrogen and oxygen atoms in total. The largest absolute Gasteiger partial charge is 0.481 e. The van der Waals surface area contributed by atoms with Crippen molar-refractivity contribution in [3.63, 3.8) is 0 Å². The summed E-state index contributed by atoms with van der Waals surface area (Å²) in [6.45, 7) is 0.943. The Hall–Kier alpha value is -1.66. The highest BCUT2D eigenvalue weighted by atomic mass is 32.1. The van der Waals surface area contributed by atoms with E-state index in [0.717, 1.165) is 16.3 Å². The van der Waals surface area contributed by atoms with Crippen LogP contribution in [0, 0.1) is 0 Å². The number of aliphatic carboxylic acids is 1. The number of carboxylic acid groups (broad SMARTS) is 1. The number of carboxylic acids is 1. The molecule has 0 aliphatic carbocycles. The van der Waals surface area contributed by atoms with Crippen LogP contribution in [-0.4, -0.2) is 22.8 Å². The third-order valence-corrected chi connectivity index (χ3v) is 3.03. The van der Waals surface area contributed by atoms with Crippen molar-refractivity contribution in [2.75, 3.05) is 6.54 Å². The van der Waals surface area contributed by atoms with E-state index in [4.69, 9.17) is 9.63 Å². The molecule has 0 saturated heterocycles. The summed E-state index contributed by atoms with van der Waals surface area (Å²) in [5.74, 6) is -0.0630. The van der Waals surface area contributed by atoms with Crippen molar-refractivity contribution in [1.82, 2.24) is 10.5 Å². The molecule has 0 unspecified atom stereocenters. The van der Waals surface area contributed by atoms with Crippen molar-refractivity contribution in [3.8, 4) is 10.6 Å². The Balaban J connectivity index is 1.84. The van der Waals surface area contributed by atoms with Gasteiger partial charge >= 0.3 is 5.97 Å². The summed E-state index contributed by atoms with van der Waals surface area (Å²) < 4.78 is 5.19. The molecule has 2 aromatic heterocycles. The van der Waals surface area contributed by atoms with E-state index < -0.39 is 5.97 Å². The molecule has 2 aromatic rings. The van der Waals surface area contributed by atoms with Crippen LogP contribution in [0.1, 0.15) is 12.1 Å². The van der Waals surface area contributed by atoms with E-state index in [9.17, 15) is 4.79 Å². The monoisotopic (exact) mass is 252 g/mol. The lowest BCUT2D eigenvalue weighted by Gasteiger charge is -1.97. The van der Waals surface area contributed by atoms with Gasteiger partial charge in [0.25, 0.3) is 0 Å². The standard InChI is InChI=1S/C11H12N2O3S/c14-11(15)3-4-12-7-8-6-9(16-13-8)10-2-1-5-17-10/h1-2,5-6,12H,3-4,7H2,(H,14,15). The van der Waals surface area contributed by atoms with Crippen LogP contribution < -0.4 is 5.32 Å². The van der Waals surface area contributed by atoms with Gasteiger partial charge in [0, 0.05) is 19.2 Å². The van der Waals surface area contributed by atoms with Crippen LogP contribution in [0.4, 0.5) is 0 Å². The fourth-order valence-electron chi connectivity index (χ4n) is 1.34. The molecule has 90 valence electrons. The number of aromatic nitrogens is 1. The number of thiophene rings is 1. The predicted molar refractivity (Wildman–Crippen MR) is 63.8 cm³/mol. The summed E-state index contributed by atoms with van der Waals surface area (Å²) in [4.78, 5) is 11.3. The molecular weight excluding hydrogens is 240 g/mol. The highest BCUT2D eigenvalue weighted by Gasteiger charge is 2.07. The molecule has 2 heterocycles. The third kappa shape index (κ3) is 3.40. The van der Waals surface area contributed by atoms with E-state index >= 15 is 0 Å². The van der Waals surface area contributed by atoms with E-state index in [0.29, 0.717) is 13.1 Å². The zero-order valence-electron chi connectivity index (χ0n) is 9.05. The Morgan fingerprint density at radius 3 is 3.18 bits per heavy atom. The van der Waals surface area contributed by atoms with Crippen molar-refractivity contribution in [1.29, 1.82) is 0 Å². The van der Waals surface area contributed by atoms with Crippen molar-refractivity contribution in [2.45, 2.75) is 13.0 Å². The first-order valence-corrected chi connectivity index (χ1v) is 6.05. The average Bonchev–Trinajstić information content (AvgIpc) is 2.94. The summed E-state index contributed by atoms with van der Waals surface area (Å²) in [6.07, 6.45) is 0.107. The van der Waals surface area contributed by atoms with Crippen LogP contribution in [-0.2, 0) is 11.3 Å². The van der Waals surface area contributed by atoms with Crippen molar-refractivity contribution in [3.05, 3.63) is 29.3 Å². The fraction of sp³-hybridized carbons (Fsp3) is 0.273. The highest BCUT2D eigenvalue weighted by Crippen LogP contribution is 2.24. The van der Waals surface area contributed by atoms with Gasteiger partial charge in [-0.05, 0) is 11.4 Å². The average molecular weight is 252 g/mol. The van der Waals surface area contributed by atoms with Gasteiger partial charge < -0.3 is 14.9 Å². The second-order valence-electron chi connectivity index (χ2n) is 3.48. The summed E-state index contributed by atoms with van der Waals surface area (Å²) in [6, 6.07) is 5.78. The second kappa shape index (κ2) is 5.60. The Bertz CT molecular complexity index is 479. The van der Waals surface area contributed by atoms with E-state index in [-0.39, 0.29) is 6.42 Å². The Morgan fingerprint density at radius 2 is 2.47 bits per heavy atom. The molecule has 0 aliphatic heterocycles. The minimum absolute atomic E-state index is 0.107. The van der Waals surface area contributed by atoms with E-state index in [1.54, 1.807) is 11.3 Å². The summed E-state index contributed by atoms with van der Waals surface area (Å²) >= 11 is 1.59.